The fourth-order valence-electron chi connectivity index (χ4n) is 1.10. The molecule has 0 unspecified atom stereocenters. The Bertz CT molecular complexity index is 457. The summed E-state index contributed by atoms with van der Waals surface area (Å²) in [5, 5.41) is 4.46. The number of thiazole rings is 1. The standard InChI is InChI=1S/C9H9ClN4S/c1-6-12-4-7(15-6)5-13-8-2-3-11-9(10)14-8/h2-4H,5H2,1H3,(H,11,13,14). The number of hydrogen-bond donors (Lipinski definition) is 1. The van der Waals surface area contributed by atoms with Crippen molar-refractivity contribution in [2.24, 2.45) is 0 Å². The summed E-state index contributed by atoms with van der Waals surface area (Å²) in [6.07, 6.45) is 3.48. The summed E-state index contributed by atoms with van der Waals surface area (Å²) < 4.78 is 0. The highest BCUT2D eigenvalue weighted by Gasteiger charge is 1.99. The molecule has 0 aliphatic carbocycles. The molecule has 0 saturated carbocycles. The van der Waals surface area contributed by atoms with Gasteiger partial charge in [0.15, 0.2) is 0 Å². The van der Waals surface area contributed by atoms with E-state index in [1.54, 1.807) is 23.6 Å². The first-order valence-electron chi connectivity index (χ1n) is 4.38. The SMILES string of the molecule is Cc1ncc(CNc2ccnc(Cl)n2)s1. The van der Waals surface area contributed by atoms with Crippen molar-refractivity contribution in [1.29, 1.82) is 0 Å². The zero-order valence-electron chi connectivity index (χ0n) is 8.07. The van der Waals surface area contributed by atoms with Crippen LogP contribution in [0.2, 0.25) is 5.28 Å². The Labute approximate surface area is 96.4 Å². The fraction of sp³-hybridized carbons (Fsp3) is 0.222. The predicted molar refractivity (Wildman–Crippen MR) is 61.2 cm³/mol. The van der Waals surface area contributed by atoms with Crippen LogP contribution in [-0.2, 0) is 6.54 Å². The zero-order chi connectivity index (χ0) is 10.7. The Kier molecular flexibility index (Phi) is 3.13. The average Bonchev–Trinajstić information content (AvgIpc) is 2.62. The van der Waals surface area contributed by atoms with Crippen molar-refractivity contribution in [2.45, 2.75) is 13.5 Å². The molecule has 6 heteroatoms. The lowest BCUT2D eigenvalue weighted by Gasteiger charge is -2.02. The van der Waals surface area contributed by atoms with E-state index in [1.165, 1.54) is 4.88 Å². The van der Waals surface area contributed by atoms with Crippen molar-refractivity contribution < 1.29 is 0 Å². The van der Waals surface area contributed by atoms with Crippen molar-refractivity contribution >= 4 is 28.8 Å². The molecule has 0 radical (unpaired) electrons. The third kappa shape index (κ3) is 2.87. The number of nitrogens with zero attached hydrogens (tertiary/aromatic N) is 3. The van der Waals surface area contributed by atoms with Gasteiger partial charge < -0.3 is 5.32 Å². The van der Waals surface area contributed by atoms with Crippen LogP contribution in [0.1, 0.15) is 9.88 Å². The molecule has 4 nitrogen and oxygen atoms in total. The maximum absolute atomic E-state index is 5.66. The lowest BCUT2D eigenvalue weighted by atomic mass is 10.5. The van der Waals surface area contributed by atoms with E-state index >= 15 is 0 Å². The molecule has 0 spiro atoms. The zero-order valence-corrected chi connectivity index (χ0v) is 9.64. The largest absolute Gasteiger partial charge is 0.365 e. The van der Waals surface area contributed by atoms with E-state index < -0.39 is 0 Å². The van der Waals surface area contributed by atoms with Crippen LogP contribution in [0.4, 0.5) is 5.82 Å². The van der Waals surface area contributed by atoms with Crippen molar-refractivity contribution in [3.63, 3.8) is 0 Å². The first-order chi connectivity index (χ1) is 7.24. The monoisotopic (exact) mass is 240 g/mol. The third-order valence-corrected chi connectivity index (χ3v) is 2.83. The second-order valence-corrected chi connectivity index (χ2v) is 4.57. The number of nitrogens with one attached hydrogen (secondary N) is 1. The summed E-state index contributed by atoms with van der Waals surface area (Å²) in [4.78, 5) is 13.2. The van der Waals surface area contributed by atoms with Gasteiger partial charge in [0.2, 0.25) is 5.28 Å². The third-order valence-electron chi connectivity index (χ3n) is 1.74. The molecule has 0 amide bonds. The van der Waals surface area contributed by atoms with Gasteiger partial charge in [0.25, 0.3) is 0 Å². The van der Waals surface area contributed by atoms with Crippen LogP contribution < -0.4 is 5.32 Å². The second-order valence-electron chi connectivity index (χ2n) is 2.91. The van der Waals surface area contributed by atoms with Crippen LogP contribution in [0.15, 0.2) is 18.5 Å². The van der Waals surface area contributed by atoms with Gasteiger partial charge in [0, 0.05) is 17.3 Å². The molecule has 0 saturated heterocycles. The Morgan fingerprint density at radius 3 is 3.00 bits per heavy atom. The van der Waals surface area contributed by atoms with E-state index in [-0.39, 0.29) is 5.28 Å². The van der Waals surface area contributed by atoms with Gasteiger partial charge in [-0.25, -0.2) is 15.0 Å². The van der Waals surface area contributed by atoms with E-state index in [9.17, 15) is 0 Å². The molecule has 78 valence electrons. The molecule has 0 aliphatic heterocycles. The van der Waals surface area contributed by atoms with Gasteiger partial charge in [-0.05, 0) is 24.6 Å². The normalized spacial score (nSPS) is 10.3. The molecule has 2 rings (SSSR count). The Morgan fingerprint density at radius 2 is 2.33 bits per heavy atom. The highest BCUT2D eigenvalue weighted by atomic mass is 35.5. The summed E-state index contributed by atoms with van der Waals surface area (Å²) in [5.74, 6) is 0.723. The van der Waals surface area contributed by atoms with Crippen LogP contribution >= 0.6 is 22.9 Å². The lowest BCUT2D eigenvalue weighted by molar-refractivity contribution is 1.09. The summed E-state index contributed by atoms with van der Waals surface area (Å²) >= 11 is 7.32. The average molecular weight is 241 g/mol. The van der Waals surface area contributed by atoms with Gasteiger partial charge in [-0.15, -0.1) is 11.3 Å². The van der Waals surface area contributed by atoms with Crippen LogP contribution in [0, 0.1) is 6.92 Å². The molecule has 0 atom stereocenters. The van der Waals surface area contributed by atoms with Gasteiger partial charge in [-0.2, -0.15) is 0 Å². The molecule has 2 heterocycles. The van der Waals surface area contributed by atoms with Crippen LogP contribution in [-0.4, -0.2) is 15.0 Å². The molecule has 2 aromatic heterocycles. The predicted octanol–water partition coefficient (Wildman–Crippen LogP) is 2.51. The summed E-state index contributed by atoms with van der Waals surface area (Å²) in [6.45, 7) is 2.69. The second kappa shape index (κ2) is 4.55. The van der Waals surface area contributed by atoms with Crippen molar-refractivity contribution in [2.75, 3.05) is 5.32 Å². The molecule has 15 heavy (non-hydrogen) atoms. The fourth-order valence-corrected chi connectivity index (χ4v) is 1.98. The molecular weight excluding hydrogens is 232 g/mol. The molecule has 0 aromatic carbocycles. The van der Waals surface area contributed by atoms with Crippen LogP contribution in [0.5, 0.6) is 0 Å². The quantitative estimate of drug-likeness (QED) is 0.838. The Balaban J connectivity index is 1.99. The maximum atomic E-state index is 5.66. The first-order valence-corrected chi connectivity index (χ1v) is 5.57. The minimum atomic E-state index is 0.250. The maximum Gasteiger partial charge on any atom is 0.224 e. The minimum Gasteiger partial charge on any atom is -0.365 e. The molecule has 0 aliphatic rings. The van der Waals surface area contributed by atoms with E-state index in [2.05, 4.69) is 20.3 Å². The number of aryl methyl sites for hydroxylation is 1. The Morgan fingerprint density at radius 1 is 1.47 bits per heavy atom. The number of hydrogen-bond acceptors (Lipinski definition) is 5. The number of halogens is 1. The molecule has 2 aromatic rings. The van der Waals surface area contributed by atoms with Crippen LogP contribution in [0.25, 0.3) is 0 Å². The topological polar surface area (TPSA) is 50.7 Å². The van der Waals surface area contributed by atoms with E-state index in [1.807, 2.05) is 13.1 Å². The molecule has 0 bridgehead atoms. The minimum absolute atomic E-state index is 0.250. The van der Waals surface area contributed by atoms with Crippen LogP contribution in [0.3, 0.4) is 0 Å². The summed E-state index contributed by atoms with van der Waals surface area (Å²) in [5.41, 5.74) is 0. The Hall–Kier alpha value is -1.20. The molecule has 0 fully saturated rings. The van der Waals surface area contributed by atoms with Gasteiger partial charge >= 0.3 is 0 Å². The smallest absolute Gasteiger partial charge is 0.224 e. The van der Waals surface area contributed by atoms with Crippen molar-refractivity contribution in [1.82, 2.24) is 15.0 Å². The lowest BCUT2D eigenvalue weighted by Crippen LogP contribution is -2.00. The van der Waals surface area contributed by atoms with E-state index in [0.717, 1.165) is 10.8 Å². The summed E-state index contributed by atoms with van der Waals surface area (Å²) in [7, 11) is 0. The van der Waals surface area contributed by atoms with E-state index in [0.29, 0.717) is 6.54 Å². The molecular formula is C9H9ClN4S. The number of rotatable bonds is 3. The number of anilines is 1. The molecule has 1 N–H and O–H groups in total. The van der Waals surface area contributed by atoms with Gasteiger partial charge in [0.1, 0.15) is 5.82 Å². The highest BCUT2D eigenvalue weighted by molar-refractivity contribution is 7.11. The summed E-state index contributed by atoms with van der Waals surface area (Å²) in [6, 6.07) is 1.78. The highest BCUT2D eigenvalue weighted by Crippen LogP contribution is 2.13. The number of aromatic nitrogens is 3. The van der Waals surface area contributed by atoms with Gasteiger partial charge in [-0.3, -0.25) is 0 Å². The van der Waals surface area contributed by atoms with E-state index in [4.69, 9.17) is 11.6 Å². The van der Waals surface area contributed by atoms with Crippen molar-refractivity contribution in [3.05, 3.63) is 33.6 Å². The van der Waals surface area contributed by atoms with Gasteiger partial charge in [-0.1, -0.05) is 0 Å². The first kappa shape index (κ1) is 10.3. The van der Waals surface area contributed by atoms with Gasteiger partial charge in [0.05, 0.1) is 11.6 Å². The van der Waals surface area contributed by atoms with Crippen molar-refractivity contribution in [3.8, 4) is 0 Å².